The minimum atomic E-state index is -0.355. The number of hydrogen-bond donors (Lipinski definition) is 0. The van der Waals surface area contributed by atoms with Gasteiger partial charge < -0.3 is 9.31 Å². The summed E-state index contributed by atoms with van der Waals surface area (Å²) in [4.78, 5) is 0. The predicted molar refractivity (Wildman–Crippen MR) is 82.5 cm³/mol. The van der Waals surface area contributed by atoms with Gasteiger partial charge >= 0.3 is 7.12 Å². The zero-order valence-corrected chi connectivity index (χ0v) is 13.3. The fourth-order valence-electron chi connectivity index (χ4n) is 1.33. The summed E-state index contributed by atoms with van der Waals surface area (Å²) < 4.78 is 11.4. The molecule has 1 fully saturated rings. The first-order valence-corrected chi connectivity index (χ1v) is 7.08. The third kappa shape index (κ3) is 6.19. The van der Waals surface area contributed by atoms with Crippen LogP contribution >= 0.6 is 0 Å². The SMILES string of the molecule is C#CCCC.CCCC#CB1OC(C)(C)C(C)(C)O1. The minimum absolute atomic E-state index is 0.265. The van der Waals surface area contributed by atoms with Crippen LogP contribution in [0.4, 0.5) is 0 Å². The molecule has 0 saturated carbocycles. The molecule has 1 saturated heterocycles. The molecule has 0 aromatic carbocycles. The average molecular weight is 262 g/mol. The molecule has 1 rings (SSSR count). The van der Waals surface area contributed by atoms with Gasteiger partial charge in [-0.1, -0.05) is 19.7 Å². The van der Waals surface area contributed by atoms with Crippen molar-refractivity contribution in [2.75, 3.05) is 0 Å². The molecule has 0 unspecified atom stereocenters. The van der Waals surface area contributed by atoms with Crippen molar-refractivity contribution in [1.29, 1.82) is 0 Å². The molecule has 0 bridgehead atoms. The quantitative estimate of drug-likeness (QED) is 0.556. The first-order chi connectivity index (χ1) is 8.80. The number of rotatable bonds is 2. The highest BCUT2D eigenvalue weighted by Crippen LogP contribution is 2.36. The summed E-state index contributed by atoms with van der Waals surface area (Å²) in [5.41, 5.74) is -0.531. The Morgan fingerprint density at radius 2 is 1.42 bits per heavy atom. The van der Waals surface area contributed by atoms with Gasteiger partial charge in [-0.25, -0.2) is 0 Å². The van der Waals surface area contributed by atoms with E-state index in [9.17, 15) is 0 Å². The van der Waals surface area contributed by atoms with Crippen molar-refractivity contribution in [2.24, 2.45) is 0 Å². The van der Waals surface area contributed by atoms with E-state index in [-0.39, 0.29) is 18.3 Å². The summed E-state index contributed by atoms with van der Waals surface area (Å²) in [7, 11) is -0.355. The number of terminal acetylenes is 1. The molecule has 0 aliphatic carbocycles. The maximum absolute atomic E-state index is 5.71. The molecule has 0 aromatic rings. The van der Waals surface area contributed by atoms with E-state index in [0.717, 1.165) is 25.7 Å². The average Bonchev–Trinajstić information content (AvgIpc) is 2.50. The highest BCUT2D eigenvalue weighted by molar-refractivity contribution is 6.55. The molecule has 0 radical (unpaired) electrons. The highest BCUT2D eigenvalue weighted by Gasteiger charge is 2.50. The van der Waals surface area contributed by atoms with Gasteiger partial charge in [-0.05, 0) is 40.5 Å². The van der Waals surface area contributed by atoms with Crippen LogP contribution in [-0.2, 0) is 9.31 Å². The maximum Gasteiger partial charge on any atom is 0.551 e. The van der Waals surface area contributed by atoms with Gasteiger partial charge in [0.15, 0.2) is 0 Å². The molecular formula is C16H27BO2. The fraction of sp³-hybridized carbons (Fsp3) is 0.750. The van der Waals surface area contributed by atoms with Crippen LogP contribution in [0.1, 0.15) is 67.2 Å². The zero-order valence-electron chi connectivity index (χ0n) is 13.3. The van der Waals surface area contributed by atoms with Gasteiger partial charge in [-0.3, -0.25) is 0 Å². The summed E-state index contributed by atoms with van der Waals surface area (Å²) in [6.07, 6.45) is 8.90. The van der Waals surface area contributed by atoms with E-state index in [1.165, 1.54) is 0 Å². The summed E-state index contributed by atoms with van der Waals surface area (Å²) in [6.45, 7) is 12.3. The molecule has 0 spiro atoms. The van der Waals surface area contributed by atoms with Gasteiger partial charge in [0.05, 0.1) is 11.2 Å². The first-order valence-electron chi connectivity index (χ1n) is 7.08. The van der Waals surface area contributed by atoms with Gasteiger partial charge in [-0.15, -0.1) is 18.3 Å². The van der Waals surface area contributed by atoms with E-state index < -0.39 is 0 Å². The predicted octanol–water partition coefficient (Wildman–Crippen LogP) is 3.84. The largest absolute Gasteiger partial charge is 0.551 e. The van der Waals surface area contributed by atoms with Crippen LogP contribution in [-0.4, -0.2) is 18.3 Å². The third-order valence-corrected chi connectivity index (χ3v) is 3.24. The van der Waals surface area contributed by atoms with Gasteiger partial charge in [0.2, 0.25) is 0 Å². The van der Waals surface area contributed by atoms with E-state index in [1.807, 2.05) is 27.7 Å². The van der Waals surface area contributed by atoms with Crippen LogP contribution in [0.25, 0.3) is 0 Å². The molecule has 0 atom stereocenters. The molecule has 0 N–H and O–H groups in total. The Kier molecular flexibility index (Phi) is 7.92. The van der Waals surface area contributed by atoms with Gasteiger partial charge in [-0.2, -0.15) is 0 Å². The molecule has 0 aromatic heterocycles. The van der Waals surface area contributed by atoms with Crippen molar-refractivity contribution in [3.63, 3.8) is 0 Å². The molecule has 1 aliphatic heterocycles. The summed E-state index contributed by atoms with van der Waals surface area (Å²) in [5.74, 6) is 8.57. The third-order valence-electron chi connectivity index (χ3n) is 3.24. The van der Waals surface area contributed by atoms with Crippen molar-refractivity contribution in [1.82, 2.24) is 0 Å². The molecular weight excluding hydrogens is 235 g/mol. The van der Waals surface area contributed by atoms with Crippen LogP contribution in [0.2, 0.25) is 0 Å². The Morgan fingerprint density at radius 3 is 1.74 bits per heavy atom. The molecule has 106 valence electrons. The second kappa shape index (κ2) is 8.31. The topological polar surface area (TPSA) is 18.5 Å². The van der Waals surface area contributed by atoms with E-state index in [2.05, 4.69) is 31.5 Å². The lowest BCUT2D eigenvalue weighted by atomic mass is 9.90. The zero-order chi connectivity index (χ0) is 14.9. The van der Waals surface area contributed by atoms with Crippen molar-refractivity contribution < 1.29 is 9.31 Å². The summed E-state index contributed by atoms with van der Waals surface area (Å²) in [6, 6.07) is 0. The second-order valence-corrected chi connectivity index (χ2v) is 5.61. The maximum atomic E-state index is 5.71. The van der Waals surface area contributed by atoms with E-state index in [4.69, 9.17) is 15.7 Å². The normalized spacial score (nSPS) is 18.7. The molecule has 1 aliphatic rings. The standard InChI is InChI=1S/C11H19BO2.C5H8/c1-6-7-8-9-12-13-10(2,3)11(4,5)14-12;1-3-5-4-2/h6-7H2,1-5H3;1H,4-5H2,2H3. The lowest BCUT2D eigenvalue weighted by Gasteiger charge is -2.32. The summed E-state index contributed by atoms with van der Waals surface area (Å²) >= 11 is 0. The Bertz CT molecular complexity index is 339. The van der Waals surface area contributed by atoms with Crippen LogP contribution in [0.15, 0.2) is 0 Å². The van der Waals surface area contributed by atoms with Gasteiger partial charge in [0.25, 0.3) is 0 Å². The van der Waals surface area contributed by atoms with E-state index >= 15 is 0 Å². The molecule has 3 heteroatoms. The van der Waals surface area contributed by atoms with Crippen molar-refractivity contribution >= 4 is 7.12 Å². The van der Waals surface area contributed by atoms with E-state index in [1.54, 1.807) is 0 Å². The Labute approximate surface area is 119 Å². The lowest BCUT2D eigenvalue weighted by Crippen LogP contribution is -2.41. The molecule has 0 amide bonds. The Hall–Kier alpha value is -0.895. The van der Waals surface area contributed by atoms with Crippen LogP contribution < -0.4 is 0 Å². The smallest absolute Gasteiger partial charge is 0.392 e. The molecule has 2 nitrogen and oxygen atoms in total. The van der Waals surface area contributed by atoms with Gasteiger partial charge in [0.1, 0.15) is 0 Å². The monoisotopic (exact) mass is 262 g/mol. The Balaban J connectivity index is 0.000000555. The number of unbranched alkanes of at least 4 members (excludes halogenated alkanes) is 2. The van der Waals surface area contributed by atoms with Crippen LogP contribution in [0, 0.1) is 24.1 Å². The van der Waals surface area contributed by atoms with Crippen LogP contribution in [0.5, 0.6) is 0 Å². The van der Waals surface area contributed by atoms with Crippen molar-refractivity contribution in [3.8, 4) is 24.1 Å². The lowest BCUT2D eigenvalue weighted by molar-refractivity contribution is 0.00578. The Morgan fingerprint density at radius 1 is 0.947 bits per heavy atom. The van der Waals surface area contributed by atoms with Crippen LogP contribution in [0.3, 0.4) is 0 Å². The van der Waals surface area contributed by atoms with Crippen molar-refractivity contribution in [2.45, 2.75) is 78.4 Å². The fourth-order valence-corrected chi connectivity index (χ4v) is 1.33. The molecule has 1 heterocycles. The van der Waals surface area contributed by atoms with Gasteiger partial charge in [0, 0.05) is 12.8 Å². The summed E-state index contributed by atoms with van der Waals surface area (Å²) in [5, 5.41) is 0. The number of hydrogen-bond acceptors (Lipinski definition) is 2. The minimum Gasteiger partial charge on any atom is -0.392 e. The van der Waals surface area contributed by atoms with Crippen molar-refractivity contribution in [3.05, 3.63) is 0 Å². The second-order valence-electron chi connectivity index (χ2n) is 5.61. The first kappa shape index (κ1) is 18.1. The molecule has 19 heavy (non-hydrogen) atoms. The highest BCUT2D eigenvalue weighted by atomic mass is 16.7. The van der Waals surface area contributed by atoms with E-state index in [0.29, 0.717) is 0 Å².